The van der Waals surface area contributed by atoms with Gasteiger partial charge in [0.15, 0.2) is 0 Å². The molecule has 1 atom stereocenters. The fraction of sp³-hybridized carbons (Fsp3) is 0.300. The lowest BCUT2D eigenvalue weighted by atomic mass is 9.80. The lowest BCUT2D eigenvalue weighted by molar-refractivity contribution is 0.277. The van der Waals surface area contributed by atoms with Crippen molar-refractivity contribution in [1.29, 1.82) is 0 Å². The molecular formula is C20H27BN2O3. The number of rotatable bonds is 8. The molecule has 5 nitrogen and oxygen atoms in total. The van der Waals surface area contributed by atoms with Gasteiger partial charge in [-0.1, -0.05) is 36.9 Å². The largest absolute Gasteiger partial charge is 0.496 e. The third kappa shape index (κ3) is 4.66. The second-order valence-corrected chi connectivity index (χ2v) is 6.43. The molecule has 0 saturated carbocycles. The molecule has 0 aliphatic rings. The van der Waals surface area contributed by atoms with Crippen LogP contribution in [0, 0.1) is 13.8 Å². The summed E-state index contributed by atoms with van der Waals surface area (Å²) in [6, 6.07) is 11.4. The van der Waals surface area contributed by atoms with Crippen molar-refractivity contribution in [3.8, 4) is 5.75 Å². The molecule has 2 aromatic carbocycles. The molecule has 0 spiro atoms. The Balaban J connectivity index is 2.24. The maximum absolute atomic E-state index is 9.20. The molecule has 0 aliphatic heterocycles. The monoisotopic (exact) mass is 354 g/mol. The van der Waals surface area contributed by atoms with Gasteiger partial charge >= 0.3 is 7.12 Å². The molecule has 0 saturated heterocycles. The van der Waals surface area contributed by atoms with Crippen molar-refractivity contribution >= 4 is 12.6 Å². The lowest BCUT2D eigenvalue weighted by Crippen LogP contribution is -2.33. The summed E-state index contributed by atoms with van der Waals surface area (Å²) in [7, 11) is 2.21. The van der Waals surface area contributed by atoms with Crippen molar-refractivity contribution in [3.63, 3.8) is 0 Å². The Labute approximate surface area is 156 Å². The second-order valence-electron chi connectivity index (χ2n) is 6.43. The number of aryl methyl sites for hydroxylation is 2. The lowest BCUT2D eigenvalue weighted by Gasteiger charge is -2.30. The maximum Gasteiger partial charge on any atom is 0.488 e. The molecule has 0 amide bonds. The SMILES string of the molecule is C=CN(C)C(NCc1ccc(B(O)O)cc1)c1cc(OC)c(C)cc1C. The highest BCUT2D eigenvalue weighted by Crippen LogP contribution is 2.28. The third-order valence-corrected chi connectivity index (χ3v) is 4.55. The number of nitrogens with zero attached hydrogens (tertiary/aromatic N) is 1. The summed E-state index contributed by atoms with van der Waals surface area (Å²) in [4.78, 5) is 2.02. The van der Waals surface area contributed by atoms with Crippen molar-refractivity contribution in [2.45, 2.75) is 26.6 Å². The minimum Gasteiger partial charge on any atom is -0.496 e. The van der Waals surface area contributed by atoms with E-state index in [0.717, 1.165) is 22.4 Å². The van der Waals surface area contributed by atoms with Gasteiger partial charge in [0.2, 0.25) is 0 Å². The van der Waals surface area contributed by atoms with Crippen LogP contribution in [0.1, 0.15) is 28.4 Å². The van der Waals surface area contributed by atoms with Crippen molar-refractivity contribution in [2.24, 2.45) is 0 Å². The molecule has 0 fully saturated rings. The van der Waals surface area contributed by atoms with Crippen molar-refractivity contribution in [1.82, 2.24) is 10.2 Å². The zero-order valence-corrected chi connectivity index (χ0v) is 15.9. The summed E-state index contributed by atoms with van der Waals surface area (Å²) in [5.74, 6) is 0.858. The topological polar surface area (TPSA) is 65.0 Å². The van der Waals surface area contributed by atoms with Gasteiger partial charge in [-0.3, -0.25) is 5.32 Å². The first-order valence-electron chi connectivity index (χ1n) is 8.55. The first-order chi connectivity index (χ1) is 12.4. The molecule has 0 aliphatic carbocycles. The van der Waals surface area contributed by atoms with Gasteiger partial charge in [-0.25, -0.2) is 0 Å². The number of nitrogens with one attached hydrogen (secondary N) is 1. The molecule has 0 radical (unpaired) electrons. The molecule has 0 heterocycles. The van der Waals surface area contributed by atoms with Crippen LogP contribution in [0.3, 0.4) is 0 Å². The smallest absolute Gasteiger partial charge is 0.488 e. The van der Waals surface area contributed by atoms with E-state index in [1.807, 2.05) is 31.0 Å². The molecule has 26 heavy (non-hydrogen) atoms. The normalized spacial score (nSPS) is 11.8. The highest BCUT2D eigenvalue weighted by atomic mass is 16.5. The van der Waals surface area contributed by atoms with Crippen molar-refractivity contribution < 1.29 is 14.8 Å². The Bertz CT molecular complexity index is 747. The van der Waals surface area contributed by atoms with Gasteiger partial charge in [0.1, 0.15) is 11.9 Å². The van der Waals surface area contributed by atoms with Gasteiger partial charge in [0.05, 0.1) is 7.11 Å². The zero-order chi connectivity index (χ0) is 19.3. The van der Waals surface area contributed by atoms with Crippen LogP contribution < -0.4 is 15.5 Å². The summed E-state index contributed by atoms with van der Waals surface area (Å²) in [5, 5.41) is 21.9. The van der Waals surface area contributed by atoms with Gasteiger partial charge in [-0.2, -0.15) is 0 Å². The molecule has 1 unspecified atom stereocenters. The first-order valence-corrected chi connectivity index (χ1v) is 8.55. The predicted octanol–water partition coefficient (Wildman–Crippen LogP) is 1.86. The van der Waals surface area contributed by atoms with Crippen LogP contribution in [-0.2, 0) is 6.54 Å². The second kappa shape index (κ2) is 8.89. The zero-order valence-electron chi connectivity index (χ0n) is 15.9. The summed E-state index contributed by atoms with van der Waals surface area (Å²) >= 11 is 0. The standard InChI is InChI=1S/C20H27BN2O3/c1-6-23(4)20(18-12-19(26-5)15(3)11-14(18)2)22-13-16-7-9-17(10-8-16)21(24)25/h6-12,20,22,24-25H,1,13H2,2-5H3. The molecule has 0 bridgehead atoms. The van der Waals surface area contributed by atoms with Gasteiger partial charge in [0, 0.05) is 13.6 Å². The van der Waals surface area contributed by atoms with E-state index in [1.165, 1.54) is 5.56 Å². The number of hydrogen-bond acceptors (Lipinski definition) is 5. The fourth-order valence-corrected chi connectivity index (χ4v) is 2.96. The van der Waals surface area contributed by atoms with Crippen LogP contribution in [0.4, 0.5) is 0 Å². The van der Waals surface area contributed by atoms with E-state index < -0.39 is 7.12 Å². The number of ether oxygens (including phenoxy) is 1. The summed E-state index contributed by atoms with van der Waals surface area (Å²) in [6.45, 7) is 8.63. The van der Waals surface area contributed by atoms with Crippen LogP contribution in [-0.4, -0.2) is 36.2 Å². The van der Waals surface area contributed by atoms with E-state index in [9.17, 15) is 10.0 Å². The fourth-order valence-electron chi connectivity index (χ4n) is 2.96. The van der Waals surface area contributed by atoms with E-state index in [-0.39, 0.29) is 6.17 Å². The highest BCUT2D eigenvalue weighted by molar-refractivity contribution is 6.58. The molecule has 0 aromatic heterocycles. The number of methoxy groups -OCH3 is 1. The van der Waals surface area contributed by atoms with Gasteiger partial charge in [0.25, 0.3) is 0 Å². The van der Waals surface area contributed by atoms with Gasteiger partial charge < -0.3 is 19.7 Å². The highest BCUT2D eigenvalue weighted by Gasteiger charge is 2.18. The van der Waals surface area contributed by atoms with E-state index in [1.54, 1.807) is 25.4 Å². The molecular weight excluding hydrogens is 327 g/mol. The summed E-state index contributed by atoms with van der Waals surface area (Å²) in [6.07, 6.45) is 1.72. The molecule has 6 heteroatoms. The molecule has 2 aromatic rings. The van der Waals surface area contributed by atoms with E-state index in [4.69, 9.17) is 4.74 Å². The number of hydrogen-bond donors (Lipinski definition) is 3. The van der Waals surface area contributed by atoms with Crippen LogP contribution in [0.2, 0.25) is 0 Å². The van der Waals surface area contributed by atoms with Crippen LogP contribution in [0.5, 0.6) is 5.75 Å². The predicted molar refractivity (Wildman–Crippen MR) is 106 cm³/mol. The van der Waals surface area contributed by atoms with E-state index in [0.29, 0.717) is 12.0 Å². The van der Waals surface area contributed by atoms with Gasteiger partial charge in [-0.05, 0) is 53.8 Å². The first kappa shape index (κ1) is 20.0. The molecule has 138 valence electrons. The van der Waals surface area contributed by atoms with Gasteiger partial charge in [-0.15, -0.1) is 0 Å². The van der Waals surface area contributed by atoms with Crippen LogP contribution in [0.25, 0.3) is 0 Å². The van der Waals surface area contributed by atoms with Crippen molar-refractivity contribution in [2.75, 3.05) is 14.2 Å². The average Bonchev–Trinajstić information content (AvgIpc) is 2.63. The minimum atomic E-state index is -1.45. The molecule has 2 rings (SSSR count). The summed E-state index contributed by atoms with van der Waals surface area (Å²) in [5.41, 5.74) is 4.93. The Morgan fingerprint density at radius 1 is 1.19 bits per heavy atom. The number of benzene rings is 2. The van der Waals surface area contributed by atoms with Crippen LogP contribution in [0.15, 0.2) is 49.2 Å². The Morgan fingerprint density at radius 2 is 1.85 bits per heavy atom. The quantitative estimate of drug-likeness (QED) is 0.499. The Morgan fingerprint density at radius 3 is 2.38 bits per heavy atom. The maximum atomic E-state index is 9.20. The Hall–Kier alpha value is -2.28. The van der Waals surface area contributed by atoms with E-state index >= 15 is 0 Å². The Kier molecular flexibility index (Phi) is 6.86. The third-order valence-electron chi connectivity index (χ3n) is 4.55. The minimum absolute atomic E-state index is 0.0647. The molecule has 3 N–H and O–H groups in total. The average molecular weight is 354 g/mol. The van der Waals surface area contributed by atoms with Crippen LogP contribution >= 0.6 is 0 Å². The summed E-state index contributed by atoms with van der Waals surface area (Å²) < 4.78 is 5.48. The van der Waals surface area contributed by atoms with Crippen molar-refractivity contribution in [3.05, 3.63) is 71.4 Å². The van der Waals surface area contributed by atoms with E-state index in [2.05, 4.69) is 31.0 Å².